The van der Waals surface area contributed by atoms with Crippen molar-refractivity contribution in [1.29, 1.82) is 0 Å². The highest BCUT2D eigenvalue weighted by molar-refractivity contribution is 7.92. The maximum absolute atomic E-state index is 12.8. The number of rotatable bonds is 6. The van der Waals surface area contributed by atoms with E-state index in [1.165, 1.54) is 24.3 Å². The van der Waals surface area contributed by atoms with Crippen molar-refractivity contribution in [3.05, 3.63) is 94.5 Å². The molecule has 0 fully saturated rings. The molecule has 0 bridgehead atoms. The van der Waals surface area contributed by atoms with Gasteiger partial charge in [0.1, 0.15) is 0 Å². The smallest absolute Gasteiger partial charge is 0.261 e. The molecule has 0 atom stereocenters. The monoisotopic (exact) mass is 428 g/mol. The van der Waals surface area contributed by atoms with Crippen LogP contribution in [-0.2, 0) is 16.6 Å². The van der Waals surface area contributed by atoms with Gasteiger partial charge in [0, 0.05) is 24.2 Å². The highest BCUT2D eigenvalue weighted by atomic mass is 35.5. The number of nitrogens with zero attached hydrogens (tertiary/aromatic N) is 1. The van der Waals surface area contributed by atoms with Gasteiger partial charge in [-0.25, -0.2) is 8.42 Å². The van der Waals surface area contributed by atoms with Crippen LogP contribution in [0.4, 0.5) is 5.69 Å². The first-order valence-electron chi connectivity index (χ1n) is 8.95. The minimum Gasteiger partial charge on any atom is -0.337 e. The predicted molar refractivity (Wildman–Crippen MR) is 116 cm³/mol. The van der Waals surface area contributed by atoms with E-state index in [1.54, 1.807) is 37.1 Å². The van der Waals surface area contributed by atoms with Crippen LogP contribution in [0.25, 0.3) is 0 Å². The molecule has 0 aliphatic heterocycles. The summed E-state index contributed by atoms with van der Waals surface area (Å²) in [5.74, 6) is -0.194. The Kier molecular flexibility index (Phi) is 6.25. The summed E-state index contributed by atoms with van der Waals surface area (Å²) in [5, 5.41) is 0.453. The van der Waals surface area contributed by atoms with Crippen molar-refractivity contribution >= 4 is 33.2 Å². The molecule has 0 aliphatic rings. The summed E-state index contributed by atoms with van der Waals surface area (Å²) in [4.78, 5) is 14.5. The molecule has 3 aromatic rings. The second-order valence-corrected chi connectivity index (χ2v) is 8.85. The first-order valence-corrected chi connectivity index (χ1v) is 10.8. The molecule has 0 radical (unpaired) electrons. The lowest BCUT2D eigenvalue weighted by atomic mass is 10.1. The number of carbonyl (C=O) groups excluding carboxylic acids is 1. The molecule has 7 heteroatoms. The Morgan fingerprint density at radius 1 is 1.00 bits per heavy atom. The highest BCUT2D eigenvalue weighted by Gasteiger charge is 2.18. The molecule has 29 heavy (non-hydrogen) atoms. The molecular formula is C22H21ClN2O3S. The second-order valence-electron chi connectivity index (χ2n) is 6.74. The summed E-state index contributed by atoms with van der Waals surface area (Å²) >= 11 is 5.83. The average Bonchev–Trinajstić information content (AvgIpc) is 2.70. The summed E-state index contributed by atoms with van der Waals surface area (Å²) in [6.07, 6.45) is 0. The van der Waals surface area contributed by atoms with Gasteiger partial charge in [-0.1, -0.05) is 48.0 Å². The molecule has 3 aromatic carbocycles. The Hall–Kier alpha value is -2.83. The average molecular weight is 429 g/mol. The molecule has 150 valence electrons. The quantitative estimate of drug-likeness (QED) is 0.617. The number of benzene rings is 3. The van der Waals surface area contributed by atoms with Crippen molar-refractivity contribution < 1.29 is 13.2 Å². The topological polar surface area (TPSA) is 66.5 Å². The van der Waals surface area contributed by atoms with Crippen LogP contribution in [0.15, 0.2) is 77.7 Å². The summed E-state index contributed by atoms with van der Waals surface area (Å²) in [5.41, 5.74) is 2.49. The van der Waals surface area contributed by atoms with Crippen molar-refractivity contribution in [3.63, 3.8) is 0 Å². The van der Waals surface area contributed by atoms with E-state index in [-0.39, 0.29) is 10.8 Å². The number of hydrogen-bond acceptors (Lipinski definition) is 3. The Morgan fingerprint density at radius 3 is 2.31 bits per heavy atom. The molecule has 0 saturated heterocycles. The van der Waals surface area contributed by atoms with Gasteiger partial charge in [0.25, 0.3) is 15.9 Å². The number of sulfonamides is 1. The fourth-order valence-electron chi connectivity index (χ4n) is 2.83. The molecule has 1 amide bonds. The number of hydrogen-bond donors (Lipinski definition) is 1. The maximum atomic E-state index is 12.8. The van der Waals surface area contributed by atoms with Crippen LogP contribution >= 0.6 is 11.6 Å². The van der Waals surface area contributed by atoms with Gasteiger partial charge in [0.15, 0.2) is 0 Å². The number of halogens is 1. The van der Waals surface area contributed by atoms with E-state index >= 15 is 0 Å². The van der Waals surface area contributed by atoms with Crippen LogP contribution < -0.4 is 4.72 Å². The summed E-state index contributed by atoms with van der Waals surface area (Å²) < 4.78 is 27.9. The van der Waals surface area contributed by atoms with E-state index < -0.39 is 10.0 Å². The fraction of sp³-hybridized carbons (Fsp3) is 0.136. The van der Waals surface area contributed by atoms with Gasteiger partial charge in [0.2, 0.25) is 0 Å². The second kappa shape index (κ2) is 8.68. The van der Waals surface area contributed by atoms with E-state index in [2.05, 4.69) is 4.72 Å². The number of nitrogens with one attached hydrogen (secondary N) is 1. The van der Waals surface area contributed by atoms with Crippen LogP contribution in [0, 0.1) is 6.92 Å². The molecule has 0 unspecified atom stereocenters. The highest BCUT2D eigenvalue weighted by Crippen LogP contribution is 2.23. The third-order valence-corrected chi connectivity index (χ3v) is 6.10. The number of amides is 1. The number of carbonyl (C=O) groups is 1. The van der Waals surface area contributed by atoms with Crippen molar-refractivity contribution in [1.82, 2.24) is 4.90 Å². The van der Waals surface area contributed by atoms with Crippen LogP contribution in [0.3, 0.4) is 0 Å². The van der Waals surface area contributed by atoms with Crippen LogP contribution in [0.2, 0.25) is 5.02 Å². The molecule has 0 aliphatic carbocycles. The molecule has 0 spiro atoms. The normalized spacial score (nSPS) is 11.1. The SMILES string of the molecule is Cc1ccc(C(=O)N(C)Cc2ccccc2)cc1NS(=O)(=O)c1ccc(Cl)cc1. The third kappa shape index (κ3) is 5.16. The van der Waals surface area contributed by atoms with Crippen molar-refractivity contribution in [2.24, 2.45) is 0 Å². The summed E-state index contributed by atoms with van der Waals surface area (Å²) in [6.45, 7) is 2.24. The Bertz CT molecular complexity index is 1110. The zero-order valence-corrected chi connectivity index (χ0v) is 17.7. The largest absolute Gasteiger partial charge is 0.337 e. The van der Waals surface area contributed by atoms with Gasteiger partial charge in [-0.2, -0.15) is 0 Å². The van der Waals surface area contributed by atoms with Crippen molar-refractivity contribution in [3.8, 4) is 0 Å². The standard InChI is InChI=1S/C22H21ClN2O3S/c1-16-8-9-18(22(26)25(2)15-17-6-4-3-5-7-17)14-21(16)24-29(27,28)20-12-10-19(23)11-13-20/h3-14,24H,15H2,1-2H3. The molecular weight excluding hydrogens is 408 g/mol. The molecule has 0 heterocycles. The Labute approximate surface area is 176 Å². The lowest BCUT2D eigenvalue weighted by Crippen LogP contribution is -2.26. The molecule has 5 nitrogen and oxygen atoms in total. The maximum Gasteiger partial charge on any atom is 0.261 e. The summed E-state index contributed by atoms with van der Waals surface area (Å²) in [6, 6.07) is 20.5. The minimum absolute atomic E-state index is 0.0965. The first-order chi connectivity index (χ1) is 13.8. The molecule has 0 aromatic heterocycles. The molecule has 3 rings (SSSR count). The van der Waals surface area contributed by atoms with E-state index in [0.29, 0.717) is 28.4 Å². The van der Waals surface area contributed by atoms with Crippen LogP contribution in [-0.4, -0.2) is 26.3 Å². The van der Waals surface area contributed by atoms with Crippen molar-refractivity contribution in [2.45, 2.75) is 18.4 Å². The number of aryl methyl sites for hydroxylation is 1. The zero-order chi connectivity index (χ0) is 21.0. The summed E-state index contributed by atoms with van der Waals surface area (Å²) in [7, 11) is -2.08. The predicted octanol–water partition coefficient (Wildman–Crippen LogP) is 4.72. The van der Waals surface area contributed by atoms with E-state index in [1.807, 2.05) is 30.3 Å². The minimum atomic E-state index is -3.80. The van der Waals surface area contributed by atoms with Crippen LogP contribution in [0.1, 0.15) is 21.5 Å². The van der Waals surface area contributed by atoms with Crippen molar-refractivity contribution in [2.75, 3.05) is 11.8 Å². The Morgan fingerprint density at radius 2 is 1.66 bits per heavy atom. The molecule has 1 N–H and O–H groups in total. The molecule has 0 saturated carbocycles. The lowest BCUT2D eigenvalue weighted by molar-refractivity contribution is 0.0785. The first kappa shape index (κ1) is 20.9. The van der Waals surface area contributed by atoms with Crippen LogP contribution in [0.5, 0.6) is 0 Å². The van der Waals surface area contributed by atoms with Gasteiger partial charge in [0.05, 0.1) is 10.6 Å². The van der Waals surface area contributed by atoms with Gasteiger partial charge in [-0.05, 0) is 54.4 Å². The Balaban J connectivity index is 1.82. The third-order valence-electron chi connectivity index (χ3n) is 4.46. The lowest BCUT2D eigenvalue weighted by Gasteiger charge is -2.18. The van der Waals surface area contributed by atoms with Gasteiger partial charge in [-0.15, -0.1) is 0 Å². The van der Waals surface area contributed by atoms with E-state index in [9.17, 15) is 13.2 Å². The van der Waals surface area contributed by atoms with Gasteiger partial charge < -0.3 is 4.90 Å². The zero-order valence-electron chi connectivity index (χ0n) is 16.1. The van der Waals surface area contributed by atoms with Gasteiger partial charge in [-0.3, -0.25) is 9.52 Å². The fourth-order valence-corrected chi connectivity index (χ4v) is 4.08. The van der Waals surface area contributed by atoms with E-state index in [4.69, 9.17) is 11.6 Å². The number of anilines is 1. The van der Waals surface area contributed by atoms with Gasteiger partial charge >= 0.3 is 0 Å². The van der Waals surface area contributed by atoms with E-state index in [0.717, 1.165) is 5.56 Å².